The molecule has 3 rings (SSSR count). The minimum Gasteiger partial charge on any atom is -0.204 e. The van der Waals surface area contributed by atoms with Crippen LogP contribution in [0.3, 0.4) is 0 Å². The number of hydrogen-bond donors (Lipinski definition) is 0. The zero-order chi connectivity index (χ0) is 19.8. The highest BCUT2D eigenvalue weighted by Crippen LogP contribution is 2.22. The Morgan fingerprint density at radius 3 is 1.93 bits per heavy atom. The van der Waals surface area contributed by atoms with Crippen LogP contribution in [0.5, 0.6) is 0 Å². The van der Waals surface area contributed by atoms with E-state index in [1.54, 1.807) is 6.07 Å². The molecule has 2 heteroatoms. The van der Waals surface area contributed by atoms with Crippen molar-refractivity contribution in [1.29, 1.82) is 0 Å². The summed E-state index contributed by atoms with van der Waals surface area (Å²) in [5.41, 5.74) is 4.64. The van der Waals surface area contributed by atoms with Crippen LogP contribution in [0, 0.1) is 23.5 Å². The summed E-state index contributed by atoms with van der Waals surface area (Å²) in [7, 11) is 0. The molecular weight excluding hydrogens is 350 g/mol. The van der Waals surface area contributed by atoms with E-state index in [9.17, 15) is 8.78 Å². The fraction of sp³-hybridized carbons (Fsp3) is 0.154. The van der Waals surface area contributed by atoms with Crippen LogP contribution in [-0.2, 0) is 6.42 Å². The van der Waals surface area contributed by atoms with Crippen molar-refractivity contribution in [3.05, 3.63) is 108 Å². The summed E-state index contributed by atoms with van der Waals surface area (Å²) in [4.78, 5) is 0. The first-order valence-corrected chi connectivity index (χ1v) is 9.43. The highest BCUT2D eigenvalue weighted by atomic mass is 19.2. The SMILES string of the molecule is C=CCCCCc1ccc(C#Cc2ccc(-c3ccc(F)c(F)c3)cc2)cc1. The summed E-state index contributed by atoms with van der Waals surface area (Å²) in [6.07, 6.45) is 6.45. The van der Waals surface area contributed by atoms with E-state index in [1.807, 2.05) is 42.5 Å². The standard InChI is InChI=1S/C26H22F2/c1-2-3-4-5-6-20-7-9-21(10-8-20)11-12-22-13-15-23(16-14-22)24-17-18-25(27)26(28)19-24/h2,7-10,13-19H,1,3-6H2. The Kier molecular flexibility index (Phi) is 6.76. The maximum Gasteiger partial charge on any atom is 0.159 e. The number of benzene rings is 3. The summed E-state index contributed by atoms with van der Waals surface area (Å²) >= 11 is 0. The van der Waals surface area contributed by atoms with Crippen LogP contribution in [0.2, 0.25) is 0 Å². The van der Waals surface area contributed by atoms with Crippen molar-refractivity contribution in [2.24, 2.45) is 0 Å². The van der Waals surface area contributed by atoms with Gasteiger partial charge in [0.1, 0.15) is 0 Å². The molecule has 0 aromatic heterocycles. The molecule has 0 fully saturated rings. The molecule has 0 saturated carbocycles. The zero-order valence-corrected chi connectivity index (χ0v) is 15.7. The van der Waals surface area contributed by atoms with Crippen LogP contribution in [0.25, 0.3) is 11.1 Å². The zero-order valence-electron chi connectivity index (χ0n) is 15.7. The molecule has 0 bridgehead atoms. The smallest absolute Gasteiger partial charge is 0.159 e. The van der Waals surface area contributed by atoms with Crippen LogP contribution < -0.4 is 0 Å². The van der Waals surface area contributed by atoms with Gasteiger partial charge in [0.05, 0.1) is 0 Å². The molecule has 0 aliphatic heterocycles. The predicted octanol–water partition coefficient (Wildman–Crippen LogP) is 6.93. The highest BCUT2D eigenvalue weighted by Gasteiger charge is 2.04. The van der Waals surface area contributed by atoms with Gasteiger partial charge in [-0.25, -0.2) is 8.78 Å². The second kappa shape index (κ2) is 9.67. The summed E-state index contributed by atoms with van der Waals surface area (Å²) in [5.74, 6) is 4.63. The second-order valence-corrected chi connectivity index (χ2v) is 6.69. The summed E-state index contributed by atoms with van der Waals surface area (Å²) < 4.78 is 26.4. The van der Waals surface area contributed by atoms with E-state index >= 15 is 0 Å². The van der Waals surface area contributed by atoms with E-state index in [2.05, 4.69) is 30.6 Å². The molecule has 0 amide bonds. The largest absolute Gasteiger partial charge is 0.204 e. The highest BCUT2D eigenvalue weighted by molar-refractivity contribution is 5.64. The Hall–Kier alpha value is -3.18. The molecule has 0 heterocycles. The molecule has 0 aliphatic carbocycles. The number of allylic oxidation sites excluding steroid dienone is 1. The summed E-state index contributed by atoms with van der Waals surface area (Å²) in [6.45, 7) is 3.75. The van der Waals surface area contributed by atoms with Crippen molar-refractivity contribution in [2.45, 2.75) is 25.7 Å². The van der Waals surface area contributed by atoms with E-state index in [4.69, 9.17) is 0 Å². The molecule has 0 radical (unpaired) electrons. The Labute approximate surface area is 165 Å². The monoisotopic (exact) mass is 372 g/mol. The van der Waals surface area contributed by atoms with Crippen molar-refractivity contribution < 1.29 is 8.78 Å². The van der Waals surface area contributed by atoms with Gasteiger partial charge in [0.2, 0.25) is 0 Å². The third-order valence-corrected chi connectivity index (χ3v) is 4.57. The van der Waals surface area contributed by atoms with E-state index in [-0.39, 0.29) is 0 Å². The lowest BCUT2D eigenvalue weighted by molar-refractivity contribution is 0.509. The van der Waals surface area contributed by atoms with E-state index in [0.717, 1.165) is 35.6 Å². The van der Waals surface area contributed by atoms with Gasteiger partial charge in [-0.2, -0.15) is 0 Å². The van der Waals surface area contributed by atoms with Crippen LogP contribution in [0.1, 0.15) is 36.0 Å². The quantitative estimate of drug-likeness (QED) is 0.250. The molecule has 0 N–H and O–H groups in total. The Bertz CT molecular complexity index is 987. The third kappa shape index (κ3) is 5.41. The molecule has 140 valence electrons. The van der Waals surface area contributed by atoms with Gasteiger partial charge in [-0.3, -0.25) is 0 Å². The lowest BCUT2D eigenvalue weighted by atomic mass is 10.0. The van der Waals surface area contributed by atoms with Gasteiger partial charge < -0.3 is 0 Å². The molecule has 3 aromatic rings. The topological polar surface area (TPSA) is 0 Å². The molecule has 0 unspecified atom stereocenters. The van der Waals surface area contributed by atoms with Crippen molar-refractivity contribution in [2.75, 3.05) is 0 Å². The van der Waals surface area contributed by atoms with Crippen LogP contribution >= 0.6 is 0 Å². The molecule has 0 saturated heterocycles. The normalized spacial score (nSPS) is 10.2. The van der Waals surface area contributed by atoms with Gasteiger partial charge in [0, 0.05) is 11.1 Å². The van der Waals surface area contributed by atoms with Gasteiger partial charge in [-0.15, -0.1) is 6.58 Å². The molecule has 0 atom stereocenters. The lowest BCUT2D eigenvalue weighted by Crippen LogP contribution is -1.86. The van der Waals surface area contributed by atoms with Gasteiger partial charge in [-0.05, 0) is 78.8 Å². The minimum atomic E-state index is -0.842. The van der Waals surface area contributed by atoms with E-state index in [0.29, 0.717) is 5.56 Å². The predicted molar refractivity (Wildman–Crippen MR) is 112 cm³/mol. The van der Waals surface area contributed by atoms with Crippen LogP contribution in [-0.4, -0.2) is 0 Å². The van der Waals surface area contributed by atoms with Crippen molar-refractivity contribution in [1.82, 2.24) is 0 Å². The maximum atomic E-state index is 13.4. The van der Waals surface area contributed by atoms with Crippen molar-refractivity contribution >= 4 is 0 Å². The number of aryl methyl sites for hydroxylation is 1. The van der Waals surface area contributed by atoms with Crippen molar-refractivity contribution in [3.8, 4) is 23.0 Å². The first-order chi connectivity index (χ1) is 13.7. The molecule has 0 nitrogen and oxygen atoms in total. The second-order valence-electron chi connectivity index (χ2n) is 6.69. The first kappa shape index (κ1) is 19.6. The fourth-order valence-corrected chi connectivity index (χ4v) is 2.94. The van der Waals surface area contributed by atoms with Gasteiger partial charge in [0.15, 0.2) is 11.6 Å². The van der Waals surface area contributed by atoms with Crippen molar-refractivity contribution in [3.63, 3.8) is 0 Å². The Morgan fingerprint density at radius 1 is 0.714 bits per heavy atom. The number of halogens is 2. The third-order valence-electron chi connectivity index (χ3n) is 4.57. The number of hydrogen-bond acceptors (Lipinski definition) is 0. The number of unbranched alkanes of at least 4 members (excludes halogenated alkanes) is 2. The molecule has 3 aromatic carbocycles. The minimum absolute atomic E-state index is 0.641. The van der Waals surface area contributed by atoms with E-state index in [1.165, 1.54) is 24.5 Å². The van der Waals surface area contributed by atoms with Gasteiger partial charge in [-0.1, -0.05) is 48.2 Å². The fourth-order valence-electron chi connectivity index (χ4n) is 2.94. The molecule has 0 aliphatic rings. The molecular formula is C26H22F2. The van der Waals surface area contributed by atoms with Crippen LogP contribution in [0.15, 0.2) is 79.4 Å². The Balaban J connectivity index is 1.63. The maximum absolute atomic E-state index is 13.4. The molecule has 28 heavy (non-hydrogen) atoms. The van der Waals surface area contributed by atoms with Gasteiger partial charge in [0.25, 0.3) is 0 Å². The average Bonchev–Trinajstić information content (AvgIpc) is 2.73. The number of rotatable bonds is 6. The molecule has 0 spiro atoms. The van der Waals surface area contributed by atoms with E-state index < -0.39 is 11.6 Å². The Morgan fingerprint density at radius 2 is 1.32 bits per heavy atom. The lowest BCUT2D eigenvalue weighted by Gasteiger charge is -2.02. The summed E-state index contributed by atoms with van der Waals surface area (Å²) in [6, 6.07) is 19.8. The summed E-state index contributed by atoms with van der Waals surface area (Å²) in [5, 5.41) is 0. The first-order valence-electron chi connectivity index (χ1n) is 9.43. The average molecular weight is 372 g/mol. The van der Waals surface area contributed by atoms with Crippen LogP contribution in [0.4, 0.5) is 8.78 Å². The van der Waals surface area contributed by atoms with Gasteiger partial charge >= 0.3 is 0 Å².